The Morgan fingerprint density at radius 3 is 2.39 bits per heavy atom. The summed E-state index contributed by atoms with van der Waals surface area (Å²) in [5.74, 6) is -0.499. The number of benzene rings is 2. The van der Waals surface area contributed by atoms with Gasteiger partial charge < -0.3 is 10.3 Å². The van der Waals surface area contributed by atoms with E-state index in [1.165, 1.54) is 0 Å². The molecular formula is C16H15N3O3S. The van der Waals surface area contributed by atoms with Gasteiger partial charge in [-0.25, -0.2) is 13.4 Å². The van der Waals surface area contributed by atoms with E-state index in [1.54, 1.807) is 34.9 Å². The van der Waals surface area contributed by atoms with Crippen molar-refractivity contribution in [2.45, 2.75) is 11.7 Å². The minimum atomic E-state index is -3.46. The first-order valence-electron chi connectivity index (χ1n) is 6.90. The number of nitrogens with two attached hydrogens (primary N) is 1. The second-order valence-electron chi connectivity index (χ2n) is 5.30. The number of aromatic nitrogens is 2. The van der Waals surface area contributed by atoms with Gasteiger partial charge in [0, 0.05) is 11.8 Å². The third-order valence-electron chi connectivity index (χ3n) is 3.53. The van der Waals surface area contributed by atoms with Crippen LogP contribution in [0.1, 0.15) is 15.9 Å². The predicted molar refractivity (Wildman–Crippen MR) is 86.9 cm³/mol. The van der Waals surface area contributed by atoms with Gasteiger partial charge in [0.25, 0.3) is 0 Å². The van der Waals surface area contributed by atoms with Crippen molar-refractivity contribution in [1.82, 2.24) is 9.55 Å². The van der Waals surface area contributed by atoms with Crippen LogP contribution in [0, 0.1) is 0 Å². The van der Waals surface area contributed by atoms with E-state index in [2.05, 4.69) is 4.98 Å². The Kier molecular flexibility index (Phi) is 3.65. The van der Waals surface area contributed by atoms with E-state index in [0.29, 0.717) is 17.6 Å². The first kappa shape index (κ1) is 15.2. The molecule has 0 spiro atoms. The molecule has 0 aliphatic carbocycles. The number of rotatable bonds is 4. The number of carbonyl (C=O) groups is 1. The zero-order valence-corrected chi connectivity index (χ0v) is 13.2. The van der Waals surface area contributed by atoms with Crippen LogP contribution in [-0.2, 0) is 16.4 Å². The fourth-order valence-electron chi connectivity index (χ4n) is 2.45. The number of hydrogen-bond donors (Lipinski definition) is 1. The summed E-state index contributed by atoms with van der Waals surface area (Å²) in [6.45, 7) is 0.335. The molecule has 0 saturated heterocycles. The van der Waals surface area contributed by atoms with Gasteiger partial charge in [0.15, 0.2) is 0 Å². The molecule has 0 saturated carbocycles. The Hall–Kier alpha value is -2.67. The summed E-state index contributed by atoms with van der Waals surface area (Å²) in [6.07, 6.45) is 1.14. The fourth-order valence-corrected chi connectivity index (χ4v) is 3.27. The van der Waals surface area contributed by atoms with E-state index >= 15 is 0 Å². The number of primary amides is 1. The van der Waals surface area contributed by atoms with Gasteiger partial charge in [0.2, 0.25) is 20.9 Å². The molecular weight excluding hydrogens is 314 g/mol. The van der Waals surface area contributed by atoms with Crippen molar-refractivity contribution in [3.63, 3.8) is 0 Å². The highest BCUT2D eigenvalue weighted by Gasteiger charge is 2.19. The van der Waals surface area contributed by atoms with Gasteiger partial charge in [-0.1, -0.05) is 24.3 Å². The summed E-state index contributed by atoms with van der Waals surface area (Å²) in [5.41, 5.74) is 7.85. The SMILES string of the molecule is CS(=O)(=O)c1nc2ccccc2n1Cc1ccc(C(N)=O)cc1. The normalized spacial score (nSPS) is 11.7. The minimum Gasteiger partial charge on any atom is -0.366 e. The number of imidazole rings is 1. The summed E-state index contributed by atoms with van der Waals surface area (Å²) in [5, 5.41) is 0.0256. The molecule has 0 aliphatic heterocycles. The van der Waals surface area contributed by atoms with Crippen LogP contribution in [0.25, 0.3) is 11.0 Å². The highest BCUT2D eigenvalue weighted by Crippen LogP contribution is 2.21. The molecule has 0 bridgehead atoms. The van der Waals surface area contributed by atoms with Gasteiger partial charge in [-0.05, 0) is 29.8 Å². The molecule has 0 unspecified atom stereocenters. The van der Waals surface area contributed by atoms with Crippen molar-refractivity contribution in [2.75, 3.05) is 6.26 Å². The standard InChI is InChI=1S/C16H15N3O3S/c1-23(21,22)16-18-13-4-2-3-5-14(13)19(16)10-11-6-8-12(9-7-11)15(17)20/h2-9H,10H2,1H3,(H2,17,20). The van der Waals surface area contributed by atoms with Crippen molar-refractivity contribution >= 4 is 26.8 Å². The Labute approximate surface area is 133 Å². The zero-order valence-electron chi connectivity index (χ0n) is 12.4. The molecule has 23 heavy (non-hydrogen) atoms. The lowest BCUT2D eigenvalue weighted by atomic mass is 10.1. The van der Waals surface area contributed by atoms with Crippen molar-refractivity contribution in [3.05, 3.63) is 59.7 Å². The van der Waals surface area contributed by atoms with Gasteiger partial charge >= 0.3 is 0 Å². The molecule has 1 aromatic heterocycles. The highest BCUT2D eigenvalue weighted by atomic mass is 32.2. The zero-order chi connectivity index (χ0) is 16.6. The smallest absolute Gasteiger partial charge is 0.248 e. The molecule has 3 aromatic rings. The lowest BCUT2D eigenvalue weighted by Crippen LogP contribution is -2.12. The first-order chi connectivity index (χ1) is 10.9. The van der Waals surface area contributed by atoms with Crippen LogP contribution in [0.4, 0.5) is 0 Å². The van der Waals surface area contributed by atoms with E-state index in [4.69, 9.17) is 5.73 Å². The largest absolute Gasteiger partial charge is 0.366 e. The van der Waals surface area contributed by atoms with Crippen molar-refractivity contribution in [3.8, 4) is 0 Å². The Morgan fingerprint density at radius 2 is 1.78 bits per heavy atom. The summed E-state index contributed by atoms with van der Waals surface area (Å²) in [7, 11) is -3.46. The Bertz CT molecular complexity index is 989. The molecule has 1 amide bonds. The summed E-state index contributed by atoms with van der Waals surface area (Å²) in [4.78, 5) is 15.3. The number of hydrogen-bond acceptors (Lipinski definition) is 4. The Morgan fingerprint density at radius 1 is 1.13 bits per heavy atom. The average Bonchev–Trinajstić information content (AvgIpc) is 2.87. The van der Waals surface area contributed by atoms with Gasteiger partial charge in [-0.2, -0.15) is 0 Å². The molecule has 3 rings (SSSR count). The topological polar surface area (TPSA) is 95.1 Å². The molecule has 6 nitrogen and oxygen atoms in total. The van der Waals surface area contributed by atoms with Crippen LogP contribution in [0.15, 0.2) is 53.7 Å². The summed E-state index contributed by atoms with van der Waals surface area (Å²) >= 11 is 0. The van der Waals surface area contributed by atoms with E-state index < -0.39 is 15.7 Å². The van der Waals surface area contributed by atoms with Crippen LogP contribution in [0.5, 0.6) is 0 Å². The highest BCUT2D eigenvalue weighted by molar-refractivity contribution is 7.90. The molecule has 0 atom stereocenters. The predicted octanol–water partition coefficient (Wildman–Crippen LogP) is 1.59. The minimum absolute atomic E-state index is 0.0256. The third kappa shape index (κ3) is 2.95. The van der Waals surface area contributed by atoms with Crippen LogP contribution in [-0.4, -0.2) is 30.1 Å². The lowest BCUT2D eigenvalue weighted by Gasteiger charge is -2.08. The van der Waals surface area contributed by atoms with Crippen LogP contribution in [0.2, 0.25) is 0 Å². The second kappa shape index (κ2) is 5.51. The van der Waals surface area contributed by atoms with Gasteiger partial charge in [0.05, 0.1) is 17.6 Å². The number of fused-ring (bicyclic) bond motifs is 1. The number of sulfone groups is 1. The summed E-state index contributed by atoms with van der Waals surface area (Å²) < 4.78 is 25.7. The molecule has 2 aromatic carbocycles. The molecule has 1 heterocycles. The number of amides is 1. The summed E-state index contributed by atoms with van der Waals surface area (Å²) in [6, 6.07) is 14.0. The fraction of sp³-hybridized carbons (Fsp3) is 0.125. The van der Waals surface area contributed by atoms with Crippen LogP contribution >= 0.6 is 0 Å². The quantitative estimate of drug-likeness (QED) is 0.786. The molecule has 2 N–H and O–H groups in total. The molecule has 0 fully saturated rings. The maximum absolute atomic E-state index is 12.0. The van der Waals surface area contributed by atoms with Crippen LogP contribution < -0.4 is 5.73 Å². The van der Waals surface area contributed by atoms with E-state index in [1.807, 2.05) is 18.2 Å². The second-order valence-corrected chi connectivity index (χ2v) is 7.21. The monoisotopic (exact) mass is 329 g/mol. The molecule has 0 radical (unpaired) electrons. The third-order valence-corrected chi connectivity index (χ3v) is 4.51. The number of para-hydroxylation sites is 2. The molecule has 0 aliphatic rings. The van der Waals surface area contributed by atoms with Gasteiger partial charge in [-0.3, -0.25) is 4.79 Å². The number of nitrogens with zero attached hydrogens (tertiary/aromatic N) is 2. The number of carbonyl (C=O) groups excluding carboxylic acids is 1. The molecule has 118 valence electrons. The Balaban J connectivity index is 2.10. The van der Waals surface area contributed by atoms with E-state index in [-0.39, 0.29) is 5.16 Å². The van der Waals surface area contributed by atoms with Gasteiger partial charge in [0.1, 0.15) is 0 Å². The molecule has 7 heteroatoms. The van der Waals surface area contributed by atoms with E-state index in [9.17, 15) is 13.2 Å². The maximum atomic E-state index is 12.0. The average molecular weight is 329 g/mol. The first-order valence-corrected chi connectivity index (χ1v) is 8.79. The van der Waals surface area contributed by atoms with E-state index in [0.717, 1.165) is 17.3 Å². The van der Waals surface area contributed by atoms with Crippen molar-refractivity contribution < 1.29 is 13.2 Å². The van der Waals surface area contributed by atoms with Crippen molar-refractivity contribution in [2.24, 2.45) is 5.73 Å². The lowest BCUT2D eigenvalue weighted by molar-refractivity contribution is 0.100. The van der Waals surface area contributed by atoms with Crippen molar-refractivity contribution in [1.29, 1.82) is 0 Å². The van der Waals surface area contributed by atoms with Gasteiger partial charge in [-0.15, -0.1) is 0 Å². The maximum Gasteiger partial charge on any atom is 0.248 e. The van der Waals surface area contributed by atoms with Crippen LogP contribution in [0.3, 0.4) is 0 Å².